The van der Waals surface area contributed by atoms with Crippen LogP contribution >= 0.6 is 11.8 Å². The maximum atomic E-state index is 10.7. The summed E-state index contributed by atoms with van der Waals surface area (Å²) in [4.78, 5) is 21.3. The minimum atomic E-state index is -0.777. The molecule has 4 nitrogen and oxygen atoms in total. The molecule has 0 saturated carbocycles. The Bertz CT molecular complexity index is 376. The second kappa shape index (κ2) is 19.8. The van der Waals surface area contributed by atoms with Gasteiger partial charge in [0.15, 0.2) is 0 Å². The van der Waals surface area contributed by atoms with Crippen LogP contribution in [-0.4, -0.2) is 33.2 Å². The van der Waals surface area contributed by atoms with E-state index in [0.29, 0.717) is 12.2 Å². The van der Waals surface area contributed by atoms with Crippen molar-refractivity contribution in [1.82, 2.24) is 0 Å². The van der Waals surface area contributed by atoms with E-state index in [1.807, 2.05) is 0 Å². The number of unbranched alkanes of at least 4 members (excludes halogenated alkanes) is 10. The zero-order chi connectivity index (χ0) is 20.2. The molecular formula is C22H40O4S. The second-order valence-electron chi connectivity index (χ2n) is 7.24. The monoisotopic (exact) mass is 400 g/mol. The molecule has 0 saturated heterocycles. The molecule has 2 N–H and O–H groups in total. The van der Waals surface area contributed by atoms with E-state index >= 15 is 0 Å². The van der Waals surface area contributed by atoms with Crippen LogP contribution in [0.1, 0.15) is 103 Å². The summed E-state index contributed by atoms with van der Waals surface area (Å²) in [5.41, 5.74) is 0. The van der Waals surface area contributed by atoms with Gasteiger partial charge in [-0.25, -0.2) is 0 Å². The summed E-state index contributed by atoms with van der Waals surface area (Å²) in [6.07, 6.45) is 20.5. The highest BCUT2D eigenvalue weighted by Gasteiger charge is 2.08. The number of carbonyl (C=O) groups is 2. The lowest BCUT2D eigenvalue weighted by molar-refractivity contribution is -0.137. The Morgan fingerprint density at radius 3 is 1.93 bits per heavy atom. The Labute approximate surface area is 170 Å². The molecule has 27 heavy (non-hydrogen) atoms. The van der Waals surface area contributed by atoms with Crippen LogP contribution in [0.3, 0.4) is 0 Å². The fraction of sp³-hybridized carbons (Fsp3) is 0.818. The summed E-state index contributed by atoms with van der Waals surface area (Å²) in [6.45, 7) is 2.25. The molecule has 0 bridgehead atoms. The van der Waals surface area contributed by atoms with Crippen LogP contribution in [0, 0.1) is 0 Å². The first kappa shape index (κ1) is 26.0. The molecule has 5 heteroatoms. The summed E-state index contributed by atoms with van der Waals surface area (Å²) in [5.74, 6) is -0.963. The van der Waals surface area contributed by atoms with E-state index in [2.05, 4.69) is 19.1 Å². The van der Waals surface area contributed by atoms with Gasteiger partial charge in [0, 0.05) is 17.4 Å². The van der Waals surface area contributed by atoms with Gasteiger partial charge in [-0.15, -0.1) is 0 Å². The van der Waals surface area contributed by atoms with Crippen molar-refractivity contribution >= 4 is 23.7 Å². The van der Waals surface area contributed by atoms with Gasteiger partial charge in [0.05, 0.1) is 6.42 Å². The molecule has 1 unspecified atom stereocenters. The summed E-state index contributed by atoms with van der Waals surface area (Å²) < 4.78 is 0. The van der Waals surface area contributed by atoms with Gasteiger partial charge in [-0.2, -0.15) is 11.8 Å². The van der Waals surface area contributed by atoms with Gasteiger partial charge in [0.2, 0.25) is 0 Å². The molecular weight excluding hydrogens is 360 g/mol. The highest BCUT2D eigenvalue weighted by Crippen LogP contribution is 2.20. The smallest absolute Gasteiger partial charge is 0.304 e. The van der Waals surface area contributed by atoms with Gasteiger partial charge in [0.1, 0.15) is 0 Å². The molecule has 0 spiro atoms. The van der Waals surface area contributed by atoms with Crippen LogP contribution in [0.5, 0.6) is 0 Å². The van der Waals surface area contributed by atoms with Crippen molar-refractivity contribution in [3.8, 4) is 0 Å². The summed E-state index contributed by atoms with van der Waals surface area (Å²) in [6, 6.07) is 0. The van der Waals surface area contributed by atoms with Gasteiger partial charge in [-0.05, 0) is 25.7 Å². The maximum Gasteiger partial charge on any atom is 0.304 e. The standard InChI is InChI=1S/C22H40O4S/c1-2-3-4-5-6-7-8-9-10-11-12-13-15-20(16-14-17-21(23)24)27-19-18-22(25)26/h13,15,20H,2-12,14,16-19H2,1H3,(H,23,24)(H,25,26)/b15-13-. The summed E-state index contributed by atoms with van der Waals surface area (Å²) in [5, 5.41) is 17.7. The van der Waals surface area contributed by atoms with Crippen molar-refractivity contribution in [2.45, 2.75) is 108 Å². The van der Waals surface area contributed by atoms with E-state index in [4.69, 9.17) is 10.2 Å². The van der Waals surface area contributed by atoms with Crippen molar-refractivity contribution < 1.29 is 19.8 Å². The average Bonchev–Trinajstić information content (AvgIpc) is 2.61. The van der Waals surface area contributed by atoms with Crippen LogP contribution in [0.4, 0.5) is 0 Å². The van der Waals surface area contributed by atoms with Crippen molar-refractivity contribution in [3.63, 3.8) is 0 Å². The molecule has 0 aromatic carbocycles. The highest BCUT2D eigenvalue weighted by molar-refractivity contribution is 8.00. The fourth-order valence-corrected chi connectivity index (χ4v) is 4.14. The molecule has 0 fully saturated rings. The normalized spacial score (nSPS) is 12.5. The van der Waals surface area contributed by atoms with Crippen LogP contribution < -0.4 is 0 Å². The molecule has 0 aliphatic rings. The van der Waals surface area contributed by atoms with Crippen LogP contribution in [-0.2, 0) is 9.59 Å². The Morgan fingerprint density at radius 2 is 1.37 bits per heavy atom. The zero-order valence-corrected chi connectivity index (χ0v) is 18.0. The molecule has 0 rings (SSSR count). The minimum Gasteiger partial charge on any atom is -0.481 e. The van der Waals surface area contributed by atoms with E-state index in [9.17, 15) is 9.59 Å². The number of hydrogen-bond donors (Lipinski definition) is 2. The largest absolute Gasteiger partial charge is 0.481 e. The number of thioether (sulfide) groups is 1. The van der Waals surface area contributed by atoms with Gasteiger partial charge in [0.25, 0.3) is 0 Å². The van der Waals surface area contributed by atoms with Crippen LogP contribution in [0.15, 0.2) is 12.2 Å². The third-order valence-electron chi connectivity index (χ3n) is 4.60. The molecule has 158 valence electrons. The quantitative estimate of drug-likeness (QED) is 0.176. The van der Waals surface area contributed by atoms with E-state index in [1.165, 1.54) is 64.2 Å². The Kier molecular flexibility index (Phi) is 19.1. The minimum absolute atomic E-state index is 0.159. The first-order chi connectivity index (χ1) is 13.1. The predicted octanol–water partition coefficient (Wildman–Crippen LogP) is 6.69. The molecule has 0 aliphatic carbocycles. The number of rotatable bonds is 20. The number of aliphatic carboxylic acids is 2. The number of carboxylic acids is 2. The van der Waals surface area contributed by atoms with Crippen molar-refractivity contribution in [2.24, 2.45) is 0 Å². The second-order valence-corrected chi connectivity index (χ2v) is 8.58. The molecule has 0 amide bonds. The Morgan fingerprint density at radius 1 is 0.815 bits per heavy atom. The molecule has 0 heterocycles. The first-order valence-corrected chi connectivity index (χ1v) is 11.8. The predicted molar refractivity (Wildman–Crippen MR) is 116 cm³/mol. The third-order valence-corrected chi connectivity index (χ3v) is 5.86. The Hall–Kier alpha value is -0.970. The fourth-order valence-electron chi connectivity index (χ4n) is 2.98. The maximum absolute atomic E-state index is 10.7. The van der Waals surface area contributed by atoms with Crippen LogP contribution in [0.25, 0.3) is 0 Å². The van der Waals surface area contributed by atoms with Crippen molar-refractivity contribution in [1.29, 1.82) is 0 Å². The van der Waals surface area contributed by atoms with Gasteiger partial charge in [-0.1, -0.05) is 76.9 Å². The van der Waals surface area contributed by atoms with Crippen molar-refractivity contribution in [3.05, 3.63) is 12.2 Å². The van der Waals surface area contributed by atoms with Crippen LogP contribution in [0.2, 0.25) is 0 Å². The molecule has 0 aromatic heterocycles. The molecule has 0 aromatic rings. The van der Waals surface area contributed by atoms with E-state index in [0.717, 1.165) is 12.8 Å². The van der Waals surface area contributed by atoms with E-state index in [1.54, 1.807) is 11.8 Å². The summed E-state index contributed by atoms with van der Waals surface area (Å²) in [7, 11) is 0. The first-order valence-electron chi connectivity index (χ1n) is 10.8. The number of carboxylic acid groups (broad SMARTS) is 2. The average molecular weight is 401 g/mol. The van der Waals surface area contributed by atoms with E-state index in [-0.39, 0.29) is 18.1 Å². The summed E-state index contributed by atoms with van der Waals surface area (Å²) >= 11 is 1.62. The van der Waals surface area contributed by atoms with Gasteiger partial charge in [-0.3, -0.25) is 9.59 Å². The number of hydrogen-bond acceptors (Lipinski definition) is 3. The lowest BCUT2D eigenvalue weighted by Crippen LogP contribution is -2.05. The molecule has 0 radical (unpaired) electrons. The van der Waals surface area contributed by atoms with Gasteiger partial charge >= 0.3 is 11.9 Å². The zero-order valence-electron chi connectivity index (χ0n) is 17.2. The van der Waals surface area contributed by atoms with Crippen molar-refractivity contribution in [2.75, 3.05) is 5.75 Å². The lowest BCUT2D eigenvalue weighted by atomic mass is 10.1. The highest BCUT2D eigenvalue weighted by atomic mass is 32.2. The molecule has 1 atom stereocenters. The van der Waals surface area contributed by atoms with Gasteiger partial charge < -0.3 is 10.2 Å². The molecule has 0 aliphatic heterocycles. The third kappa shape index (κ3) is 21.2. The number of allylic oxidation sites excluding steroid dienone is 1. The topological polar surface area (TPSA) is 74.6 Å². The van der Waals surface area contributed by atoms with E-state index < -0.39 is 11.9 Å². The SMILES string of the molecule is CCCCCCCCCCCC/C=C\C(CCCC(=O)O)SCCC(=O)O. The lowest BCUT2D eigenvalue weighted by Gasteiger charge is -2.11. The Balaban J connectivity index is 3.77.